The molecule has 3 nitrogen and oxygen atoms in total. The summed E-state index contributed by atoms with van der Waals surface area (Å²) >= 11 is 3.39. The third-order valence-electron chi connectivity index (χ3n) is 1.36. The van der Waals surface area contributed by atoms with Gasteiger partial charge < -0.3 is 9.64 Å². The molecule has 4 heteroatoms. The first-order chi connectivity index (χ1) is 5.07. The molecule has 11 heavy (non-hydrogen) atoms. The van der Waals surface area contributed by atoms with Crippen molar-refractivity contribution in [3.63, 3.8) is 0 Å². The van der Waals surface area contributed by atoms with Crippen LogP contribution in [-0.4, -0.2) is 42.9 Å². The van der Waals surface area contributed by atoms with Crippen molar-refractivity contribution in [3.05, 3.63) is 0 Å². The van der Waals surface area contributed by atoms with Crippen molar-refractivity contribution in [2.45, 2.75) is 11.8 Å². The topological polar surface area (TPSA) is 29.5 Å². The quantitative estimate of drug-likeness (QED) is 0.663. The van der Waals surface area contributed by atoms with E-state index < -0.39 is 0 Å². The Labute approximate surface area is 75.8 Å². The van der Waals surface area contributed by atoms with Gasteiger partial charge in [-0.05, 0) is 0 Å². The summed E-state index contributed by atoms with van der Waals surface area (Å²) in [6.07, 6.45) is 0. The molecule has 0 aliphatic heterocycles. The Morgan fingerprint density at radius 1 is 1.73 bits per heavy atom. The molecule has 0 rings (SSSR count). The average Bonchev–Trinajstić information content (AvgIpc) is 1.87. The first kappa shape index (κ1) is 10.9. The molecule has 0 aliphatic rings. The molecule has 0 spiro atoms. The third-order valence-corrected chi connectivity index (χ3v) is 1.91. The highest BCUT2D eigenvalue weighted by Crippen LogP contribution is 2.01. The number of ether oxygens (including phenoxy) is 1. The Morgan fingerprint density at radius 3 is 2.64 bits per heavy atom. The number of carbonyl (C=O) groups excluding carboxylic acids is 1. The van der Waals surface area contributed by atoms with Crippen LogP contribution in [0.15, 0.2) is 0 Å². The van der Waals surface area contributed by atoms with Crippen LogP contribution in [0.25, 0.3) is 0 Å². The fourth-order valence-electron chi connectivity index (χ4n) is 0.659. The van der Waals surface area contributed by atoms with Gasteiger partial charge in [0.1, 0.15) is 0 Å². The van der Waals surface area contributed by atoms with Crippen molar-refractivity contribution in [1.82, 2.24) is 4.90 Å². The number of nitrogens with zero attached hydrogens (tertiary/aromatic N) is 1. The first-order valence-electron chi connectivity index (χ1n) is 3.42. The number of rotatable bonds is 4. The molecular formula is C7H14BrNO2. The van der Waals surface area contributed by atoms with Gasteiger partial charge in [0.25, 0.3) is 0 Å². The van der Waals surface area contributed by atoms with Crippen LogP contribution in [0.5, 0.6) is 0 Å². The lowest BCUT2D eigenvalue weighted by atomic mass is 10.4. The Morgan fingerprint density at radius 2 is 2.27 bits per heavy atom. The number of hydrogen-bond donors (Lipinski definition) is 0. The van der Waals surface area contributed by atoms with Crippen LogP contribution in [0.1, 0.15) is 6.92 Å². The molecule has 1 amide bonds. The van der Waals surface area contributed by atoms with Gasteiger partial charge in [0.05, 0.1) is 11.4 Å². The maximum atomic E-state index is 10.7. The lowest BCUT2D eigenvalue weighted by Gasteiger charge is -2.17. The van der Waals surface area contributed by atoms with Crippen LogP contribution in [0.2, 0.25) is 0 Å². The van der Waals surface area contributed by atoms with E-state index in [2.05, 4.69) is 15.9 Å². The maximum absolute atomic E-state index is 10.7. The van der Waals surface area contributed by atoms with Crippen LogP contribution in [0.4, 0.5) is 0 Å². The van der Waals surface area contributed by atoms with Crippen molar-refractivity contribution in [1.29, 1.82) is 0 Å². The van der Waals surface area contributed by atoms with Crippen LogP contribution in [0.3, 0.4) is 0 Å². The highest BCUT2D eigenvalue weighted by molar-refractivity contribution is 9.09. The molecule has 0 fully saturated rings. The molecule has 0 heterocycles. The smallest absolute Gasteiger partial charge is 0.219 e. The molecule has 0 aromatic carbocycles. The molecule has 1 atom stereocenters. The highest BCUT2D eigenvalue weighted by atomic mass is 79.9. The van der Waals surface area contributed by atoms with Gasteiger partial charge in [-0.15, -0.1) is 0 Å². The summed E-state index contributed by atoms with van der Waals surface area (Å²) < 4.78 is 4.90. The van der Waals surface area contributed by atoms with E-state index in [1.807, 2.05) is 0 Å². The zero-order chi connectivity index (χ0) is 8.85. The number of hydrogen-bond acceptors (Lipinski definition) is 2. The van der Waals surface area contributed by atoms with Gasteiger partial charge in [-0.2, -0.15) is 0 Å². The SMILES string of the molecule is COCC(Br)CN(C)C(C)=O. The molecule has 0 aliphatic carbocycles. The van der Waals surface area contributed by atoms with E-state index >= 15 is 0 Å². The Kier molecular flexibility index (Phi) is 5.50. The van der Waals surface area contributed by atoms with E-state index in [0.717, 1.165) is 0 Å². The van der Waals surface area contributed by atoms with E-state index in [-0.39, 0.29) is 10.7 Å². The van der Waals surface area contributed by atoms with Crippen LogP contribution < -0.4 is 0 Å². The molecule has 0 N–H and O–H groups in total. The van der Waals surface area contributed by atoms with Gasteiger partial charge in [0.15, 0.2) is 0 Å². The van der Waals surface area contributed by atoms with Crippen molar-refractivity contribution in [3.8, 4) is 0 Å². The normalized spacial score (nSPS) is 12.7. The van der Waals surface area contributed by atoms with Gasteiger partial charge in [-0.3, -0.25) is 4.79 Å². The number of carbonyl (C=O) groups is 1. The Bertz CT molecular complexity index is 130. The summed E-state index contributed by atoms with van der Waals surface area (Å²) in [7, 11) is 3.41. The number of methoxy groups -OCH3 is 1. The molecule has 1 unspecified atom stereocenters. The minimum absolute atomic E-state index is 0.0746. The Balaban J connectivity index is 3.56. The van der Waals surface area contributed by atoms with Crippen molar-refractivity contribution >= 4 is 21.8 Å². The molecule has 0 radical (unpaired) electrons. The van der Waals surface area contributed by atoms with Crippen LogP contribution in [-0.2, 0) is 9.53 Å². The fourth-order valence-corrected chi connectivity index (χ4v) is 1.36. The second-order valence-electron chi connectivity index (χ2n) is 2.45. The first-order valence-corrected chi connectivity index (χ1v) is 4.34. The zero-order valence-electron chi connectivity index (χ0n) is 7.13. The highest BCUT2D eigenvalue weighted by Gasteiger charge is 2.08. The summed E-state index contributed by atoms with van der Waals surface area (Å²) in [4.78, 5) is 12.6. The van der Waals surface area contributed by atoms with E-state index in [1.54, 1.807) is 26.0 Å². The lowest BCUT2D eigenvalue weighted by Crippen LogP contribution is -2.31. The van der Waals surface area contributed by atoms with E-state index in [1.165, 1.54) is 0 Å². The van der Waals surface area contributed by atoms with Gasteiger partial charge in [0, 0.05) is 27.6 Å². The molecule has 0 saturated heterocycles. The average molecular weight is 224 g/mol. The van der Waals surface area contributed by atoms with Crippen LogP contribution >= 0.6 is 15.9 Å². The minimum Gasteiger partial charge on any atom is -0.383 e. The predicted octanol–water partition coefficient (Wildman–Crippen LogP) is 0.875. The molecule has 0 saturated carbocycles. The summed E-state index contributed by atoms with van der Waals surface area (Å²) in [5.74, 6) is 0.0746. The number of amides is 1. The fraction of sp³-hybridized carbons (Fsp3) is 0.857. The molecule has 0 bridgehead atoms. The van der Waals surface area contributed by atoms with E-state index in [4.69, 9.17) is 4.74 Å². The van der Waals surface area contributed by atoms with Gasteiger partial charge in [-0.25, -0.2) is 0 Å². The second kappa shape index (κ2) is 5.55. The van der Waals surface area contributed by atoms with Crippen molar-refractivity contribution < 1.29 is 9.53 Å². The molecule has 66 valence electrons. The minimum atomic E-state index is 0.0746. The van der Waals surface area contributed by atoms with E-state index in [9.17, 15) is 4.79 Å². The van der Waals surface area contributed by atoms with Crippen LogP contribution in [0, 0.1) is 0 Å². The summed E-state index contributed by atoms with van der Waals surface area (Å²) in [5.41, 5.74) is 0. The molecular weight excluding hydrogens is 210 g/mol. The summed E-state index contributed by atoms with van der Waals surface area (Å²) in [5, 5.41) is 0. The van der Waals surface area contributed by atoms with Gasteiger partial charge >= 0.3 is 0 Å². The number of halogens is 1. The molecule has 0 aromatic heterocycles. The van der Waals surface area contributed by atoms with Crippen molar-refractivity contribution in [2.75, 3.05) is 27.3 Å². The lowest BCUT2D eigenvalue weighted by molar-refractivity contribution is -0.127. The van der Waals surface area contributed by atoms with Gasteiger partial charge in [0.2, 0.25) is 5.91 Å². The predicted molar refractivity (Wildman–Crippen MR) is 47.9 cm³/mol. The molecule has 0 aromatic rings. The van der Waals surface area contributed by atoms with Crippen molar-refractivity contribution in [2.24, 2.45) is 0 Å². The van der Waals surface area contributed by atoms with E-state index in [0.29, 0.717) is 13.2 Å². The number of alkyl halides is 1. The summed E-state index contributed by atoms with van der Waals surface area (Å²) in [6, 6.07) is 0. The second-order valence-corrected chi connectivity index (χ2v) is 3.75. The maximum Gasteiger partial charge on any atom is 0.219 e. The Hall–Kier alpha value is -0.0900. The monoisotopic (exact) mass is 223 g/mol. The summed E-state index contributed by atoms with van der Waals surface area (Å²) in [6.45, 7) is 2.85. The third kappa shape index (κ3) is 5.21. The standard InChI is InChI=1S/C7H14BrNO2/c1-6(10)9(2)4-7(8)5-11-3/h7H,4-5H2,1-3H3. The zero-order valence-corrected chi connectivity index (χ0v) is 8.72. The van der Waals surface area contributed by atoms with Gasteiger partial charge in [-0.1, -0.05) is 15.9 Å². The largest absolute Gasteiger partial charge is 0.383 e.